The van der Waals surface area contributed by atoms with Crippen LogP contribution in [0.3, 0.4) is 0 Å². The molecule has 1 heterocycles. The minimum atomic E-state index is 0.628. The number of aromatic nitrogens is 2. The van der Waals surface area contributed by atoms with Gasteiger partial charge < -0.3 is 5.32 Å². The molecule has 0 aliphatic carbocycles. The zero-order chi connectivity index (χ0) is 14.3. The van der Waals surface area contributed by atoms with Crippen LogP contribution in [0.15, 0.2) is 0 Å². The number of nitrogens with zero attached hydrogens (tertiary/aromatic N) is 2. The van der Waals surface area contributed by atoms with Crippen molar-refractivity contribution < 1.29 is 0 Å². The monoisotopic (exact) mass is 281 g/mol. The lowest BCUT2D eigenvalue weighted by Gasteiger charge is -2.14. The molecule has 1 rings (SSSR count). The van der Waals surface area contributed by atoms with Crippen molar-refractivity contribution in [2.75, 3.05) is 13.6 Å². The second-order valence-corrected chi connectivity index (χ2v) is 6.50. The van der Waals surface area contributed by atoms with Crippen molar-refractivity contribution in [3.63, 3.8) is 0 Å². The van der Waals surface area contributed by atoms with Gasteiger partial charge in [-0.2, -0.15) is 11.8 Å². The fourth-order valence-electron chi connectivity index (χ4n) is 2.07. The van der Waals surface area contributed by atoms with E-state index in [2.05, 4.69) is 33.0 Å². The summed E-state index contributed by atoms with van der Waals surface area (Å²) >= 11 is 1.91. The fourth-order valence-corrected chi connectivity index (χ4v) is 2.68. The number of hydrogen-bond acceptors (Lipinski definition) is 4. The standard InChI is InChI=1S/C15H27N3S/c1-6-13-12(8-9-16-5)14(7-2)18-15(17-13)10-19-11(3)4/h11,16H,6-10H2,1-5H3. The van der Waals surface area contributed by atoms with E-state index in [0.29, 0.717) is 5.25 Å². The summed E-state index contributed by atoms with van der Waals surface area (Å²) < 4.78 is 0. The first-order valence-corrected chi connectivity index (χ1v) is 8.30. The van der Waals surface area contributed by atoms with Crippen LogP contribution in [0.2, 0.25) is 0 Å². The van der Waals surface area contributed by atoms with E-state index in [0.717, 1.165) is 37.4 Å². The predicted molar refractivity (Wildman–Crippen MR) is 84.8 cm³/mol. The minimum Gasteiger partial charge on any atom is -0.319 e. The molecule has 0 atom stereocenters. The predicted octanol–water partition coefficient (Wildman–Crippen LogP) is 3.00. The Balaban J connectivity index is 2.98. The van der Waals surface area contributed by atoms with Gasteiger partial charge in [0.15, 0.2) is 0 Å². The lowest BCUT2D eigenvalue weighted by atomic mass is 10.0. The molecule has 0 unspecified atom stereocenters. The van der Waals surface area contributed by atoms with E-state index in [1.54, 1.807) is 0 Å². The molecular formula is C15H27N3S. The maximum atomic E-state index is 4.76. The first-order chi connectivity index (χ1) is 9.12. The van der Waals surface area contributed by atoms with E-state index in [4.69, 9.17) is 9.97 Å². The molecule has 0 aliphatic rings. The molecule has 1 N–H and O–H groups in total. The molecule has 3 nitrogen and oxygen atoms in total. The zero-order valence-electron chi connectivity index (χ0n) is 12.9. The Bertz CT molecular complexity index is 366. The Labute approximate surface area is 122 Å². The fraction of sp³-hybridized carbons (Fsp3) is 0.733. The zero-order valence-corrected chi connectivity index (χ0v) is 13.7. The van der Waals surface area contributed by atoms with Gasteiger partial charge in [-0.15, -0.1) is 0 Å². The van der Waals surface area contributed by atoms with E-state index < -0.39 is 0 Å². The molecule has 0 bridgehead atoms. The summed E-state index contributed by atoms with van der Waals surface area (Å²) in [7, 11) is 1.99. The van der Waals surface area contributed by atoms with Gasteiger partial charge in [-0.1, -0.05) is 27.7 Å². The van der Waals surface area contributed by atoms with Gasteiger partial charge in [-0.25, -0.2) is 9.97 Å². The van der Waals surface area contributed by atoms with E-state index in [1.165, 1.54) is 17.0 Å². The third-order valence-corrected chi connectivity index (χ3v) is 4.16. The van der Waals surface area contributed by atoms with Crippen LogP contribution in [-0.2, 0) is 25.0 Å². The van der Waals surface area contributed by atoms with E-state index >= 15 is 0 Å². The summed E-state index contributed by atoms with van der Waals surface area (Å²) in [6, 6.07) is 0. The quantitative estimate of drug-likeness (QED) is 0.795. The molecule has 19 heavy (non-hydrogen) atoms. The summed E-state index contributed by atoms with van der Waals surface area (Å²) in [4.78, 5) is 9.53. The van der Waals surface area contributed by atoms with Crippen molar-refractivity contribution in [2.45, 2.75) is 58.0 Å². The smallest absolute Gasteiger partial charge is 0.138 e. The molecule has 0 amide bonds. The number of nitrogens with one attached hydrogen (secondary N) is 1. The number of rotatable bonds is 8. The molecule has 0 aliphatic heterocycles. The Morgan fingerprint density at radius 3 is 2.11 bits per heavy atom. The summed E-state index contributed by atoms with van der Waals surface area (Å²) in [6.07, 6.45) is 3.02. The lowest BCUT2D eigenvalue weighted by Crippen LogP contribution is -2.16. The van der Waals surface area contributed by atoms with Crippen molar-refractivity contribution in [1.29, 1.82) is 0 Å². The number of hydrogen-bond donors (Lipinski definition) is 1. The van der Waals surface area contributed by atoms with Gasteiger partial charge in [-0.05, 0) is 43.7 Å². The van der Waals surface area contributed by atoms with Crippen molar-refractivity contribution in [3.8, 4) is 0 Å². The molecule has 0 saturated heterocycles. The van der Waals surface area contributed by atoms with Crippen molar-refractivity contribution in [2.24, 2.45) is 0 Å². The van der Waals surface area contributed by atoms with E-state index in [1.807, 2.05) is 18.8 Å². The second kappa shape index (κ2) is 8.54. The Morgan fingerprint density at radius 2 is 1.68 bits per heavy atom. The maximum Gasteiger partial charge on any atom is 0.138 e. The van der Waals surface area contributed by atoms with Gasteiger partial charge in [-0.3, -0.25) is 0 Å². The van der Waals surface area contributed by atoms with Crippen molar-refractivity contribution in [3.05, 3.63) is 22.8 Å². The summed E-state index contributed by atoms with van der Waals surface area (Å²) in [6.45, 7) is 9.79. The number of likely N-dealkylation sites (N-methyl/N-ethyl adjacent to an activating group) is 1. The highest BCUT2D eigenvalue weighted by molar-refractivity contribution is 7.99. The maximum absolute atomic E-state index is 4.76. The van der Waals surface area contributed by atoms with Crippen molar-refractivity contribution in [1.82, 2.24) is 15.3 Å². The van der Waals surface area contributed by atoms with Crippen LogP contribution in [0.1, 0.15) is 50.5 Å². The van der Waals surface area contributed by atoms with Crippen LogP contribution >= 0.6 is 11.8 Å². The van der Waals surface area contributed by atoms with Crippen LogP contribution in [0.4, 0.5) is 0 Å². The molecule has 0 spiro atoms. The summed E-state index contributed by atoms with van der Waals surface area (Å²) in [5, 5.41) is 3.84. The average molecular weight is 281 g/mol. The molecule has 0 radical (unpaired) electrons. The highest BCUT2D eigenvalue weighted by Gasteiger charge is 2.12. The molecule has 1 aromatic rings. The van der Waals surface area contributed by atoms with E-state index in [-0.39, 0.29) is 0 Å². The van der Waals surface area contributed by atoms with Crippen LogP contribution in [-0.4, -0.2) is 28.8 Å². The lowest BCUT2D eigenvalue weighted by molar-refractivity contribution is 0.751. The molecular weight excluding hydrogens is 254 g/mol. The SMILES string of the molecule is CCc1nc(CSC(C)C)nc(CC)c1CCNC. The third-order valence-electron chi connectivity index (χ3n) is 3.07. The van der Waals surface area contributed by atoms with Gasteiger partial charge in [0.05, 0.1) is 5.75 Å². The van der Waals surface area contributed by atoms with Crippen LogP contribution in [0.5, 0.6) is 0 Å². The highest BCUT2D eigenvalue weighted by atomic mass is 32.2. The number of thioether (sulfide) groups is 1. The first kappa shape index (κ1) is 16.4. The van der Waals surface area contributed by atoms with Gasteiger partial charge in [0.1, 0.15) is 5.82 Å². The normalized spacial score (nSPS) is 11.3. The molecule has 0 saturated carbocycles. The Hall–Kier alpha value is -0.610. The second-order valence-electron chi connectivity index (χ2n) is 4.93. The topological polar surface area (TPSA) is 37.8 Å². The highest BCUT2D eigenvalue weighted by Crippen LogP contribution is 2.19. The number of aryl methyl sites for hydroxylation is 2. The van der Waals surface area contributed by atoms with Crippen LogP contribution in [0.25, 0.3) is 0 Å². The Morgan fingerprint density at radius 1 is 1.11 bits per heavy atom. The average Bonchev–Trinajstić information content (AvgIpc) is 2.42. The minimum absolute atomic E-state index is 0.628. The third kappa shape index (κ3) is 5.11. The molecule has 1 aromatic heterocycles. The van der Waals surface area contributed by atoms with Gasteiger partial charge >= 0.3 is 0 Å². The summed E-state index contributed by atoms with van der Waals surface area (Å²) in [5.41, 5.74) is 3.83. The van der Waals surface area contributed by atoms with Gasteiger partial charge in [0.25, 0.3) is 0 Å². The van der Waals surface area contributed by atoms with Gasteiger partial charge in [0.2, 0.25) is 0 Å². The summed E-state index contributed by atoms with van der Waals surface area (Å²) in [5.74, 6) is 1.92. The largest absolute Gasteiger partial charge is 0.319 e. The van der Waals surface area contributed by atoms with Crippen LogP contribution in [0, 0.1) is 0 Å². The Kier molecular flexibility index (Phi) is 7.39. The molecule has 0 aromatic carbocycles. The van der Waals surface area contributed by atoms with Gasteiger partial charge in [0, 0.05) is 11.4 Å². The van der Waals surface area contributed by atoms with Crippen molar-refractivity contribution >= 4 is 11.8 Å². The first-order valence-electron chi connectivity index (χ1n) is 7.26. The molecule has 108 valence electrons. The van der Waals surface area contributed by atoms with Crippen LogP contribution < -0.4 is 5.32 Å². The van der Waals surface area contributed by atoms with E-state index in [9.17, 15) is 0 Å². The molecule has 4 heteroatoms. The molecule has 0 fully saturated rings.